The van der Waals surface area contributed by atoms with Gasteiger partial charge in [-0.2, -0.15) is 0 Å². The van der Waals surface area contributed by atoms with Gasteiger partial charge in [0.2, 0.25) is 0 Å². The minimum Gasteiger partial charge on any atom is -0.333 e. The molecule has 3 rings (SSSR count). The van der Waals surface area contributed by atoms with Crippen LogP contribution < -0.4 is 5.32 Å². The Kier molecular flexibility index (Phi) is 4.94. The van der Waals surface area contributed by atoms with E-state index < -0.39 is 0 Å². The lowest BCUT2D eigenvalue weighted by molar-refractivity contribution is 0.0735. The molecule has 6 nitrogen and oxygen atoms in total. The fraction of sp³-hybridized carbons (Fsp3) is 0.500. The van der Waals surface area contributed by atoms with Gasteiger partial charge in [-0.25, -0.2) is 4.68 Å². The number of amides is 1. The molecule has 6 heteroatoms. The number of nitrogens with zero attached hydrogens (tertiary/aromatic N) is 4. The molecule has 0 spiro atoms. The largest absolute Gasteiger partial charge is 0.333 e. The van der Waals surface area contributed by atoms with Crippen molar-refractivity contribution in [3.63, 3.8) is 0 Å². The predicted molar refractivity (Wildman–Crippen MR) is 92.9 cm³/mol. The van der Waals surface area contributed by atoms with Crippen LogP contribution in [0.4, 0.5) is 0 Å². The van der Waals surface area contributed by atoms with E-state index in [2.05, 4.69) is 15.6 Å². The molecule has 1 aliphatic rings. The zero-order valence-electron chi connectivity index (χ0n) is 14.6. The molecule has 1 aromatic carbocycles. The van der Waals surface area contributed by atoms with Crippen LogP contribution in [-0.4, -0.2) is 45.9 Å². The maximum atomic E-state index is 12.9. The summed E-state index contributed by atoms with van der Waals surface area (Å²) in [4.78, 5) is 14.6. The van der Waals surface area contributed by atoms with Gasteiger partial charge in [0.15, 0.2) is 5.69 Å². The first-order chi connectivity index (χ1) is 11.6. The summed E-state index contributed by atoms with van der Waals surface area (Å²) < 4.78 is 1.93. The quantitative estimate of drug-likeness (QED) is 0.936. The Morgan fingerprint density at radius 1 is 1.29 bits per heavy atom. The lowest BCUT2D eigenvalue weighted by Crippen LogP contribution is -2.31. The second kappa shape index (κ2) is 7.13. The number of hydrogen-bond acceptors (Lipinski definition) is 4. The van der Waals surface area contributed by atoms with E-state index in [0.29, 0.717) is 11.7 Å². The number of carbonyl (C=O) groups excluding carboxylic acids is 1. The van der Waals surface area contributed by atoms with Crippen molar-refractivity contribution in [3.8, 4) is 0 Å². The molecule has 24 heavy (non-hydrogen) atoms. The van der Waals surface area contributed by atoms with Gasteiger partial charge >= 0.3 is 0 Å². The number of carbonyl (C=O) groups is 1. The summed E-state index contributed by atoms with van der Waals surface area (Å²) in [6.45, 7) is 5.94. The van der Waals surface area contributed by atoms with E-state index in [0.717, 1.165) is 37.2 Å². The maximum absolute atomic E-state index is 12.9. The highest BCUT2D eigenvalue weighted by Crippen LogP contribution is 2.23. The highest BCUT2D eigenvalue weighted by molar-refractivity contribution is 5.93. The summed E-state index contributed by atoms with van der Waals surface area (Å²) in [6.07, 6.45) is 2.04. The van der Waals surface area contributed by atoms with Gasteiger partial charge in [0.05, 0.1) is 17.8 Å². The van der Waals surface area contributed by atoms with E-state index in [4.69, 9.17) is 0 Å². The first-order valence-corrected chi connectivity index (χ1v) is 8.54. The van der Waals surface area contributed by atoms with Crippen molar-refractivity contribution in [2.75, 3.05) is 20.1 Å². The molecule has 1 saturated heterocycles. The van der Waals surface area contributed by atoms with Crippen LogP contribution in [0.3, 0.4) is 0 Å². The molecule has 1 aliphatic heterocycles. The molecule has 1 unspecified atom stereocenters. The van der Waals surface area contributed by atoms with Crippen molar-refractivity contribution in [1.82, 2.24) is 25.2 Å². The Balaban J connectivity index is 1.78. The molecular formula is C18H25N5O. The minimum absolute atomic E-state index is 0.0119. The number of nitrogens with one attached hydrogen (secondary N) is 1. The summed E-state index contributed by atoms with van der Waals surface area (Å²) in [5, 5.41) is 11.8. The average molecular weight is 327 g/mol. The molecule has 1 atom stereocenters. The Morgan fingerprint density at radius 3 is 2.62 bits per heavy atom. The molecule has 128 valence electrons. The second-order valence-corrected chi connectivity index (χ2v) is 6.45. The number of rotatable bonds is 4. The molecular weight excluding hydrogens is 302 g/mol. The van der Waals surface area contributed by atoms with E-state index in [1.165, 1.54) is 0 Å². The normalized spacial score (nSPS) is 16.8. The first-order valence-electron chi connectivity index (χ1n) is 8.54. The van der Waals surface area contributed by atoms with Gasteiger partial charge in [-0.05, 0) is 45.3 Å². The summed E-state index contributed by atoms with van der Waals surface area (Å²) in [5.41, 5.74) is 2.43. The Bertz CT molecular complexity index is 691. The van der Waals surface area contributed by atoms with Crippen LogP contribution in [0.15, 0.2) is 30.3 Å². The average Bonchev–Trinajstić information content (AvgIpc) is 3.02. The lowest BCUT2D eigenvalue weighted by atomic mass is 10.1. The Hall–Kier alpha value is -2.21. The van der Waals surface area contributed by atoms with E-state index in [1.807, 2.05) is 55.9 Å². The standard InChI is InChI=1S/C18H25N5O/c1-13(15-7-5-4-6-8-15)22(3)18(24)17-14(2)23(21-20-17)16-9-11-19-12-10-16/h4-8,13,16,19H,9-12H2,1-3H3. The van der Waals surface area contributed by atoms with Gasteiger partial charge in [0.1, 0.15) is 0 Å². The fourth-order valence-electron chi connectivity index (χ4n) is 3.23. The first kappa shape index (κ1) is 16.6. The molecule has 0 bridgehead atoms. The van der Waals surface area contributed by atoms with E-state index in [1.54, 1.807) is 4.90 Å². The number of piperidine rings is 1. The summed E-state index contributed by atoms with van der Waals surface area (Å²) >= 11 is 0. The van der Waals surface area contributed by atoms with Crippen molar-refractivity contribution in [2.45, 2.75) is 38.8 Å². The van der Waals surface area contributed by atoms with Gasteiger partial charge in [0, 0.05) is 7.05 Å². The van der Waals surface area contributed by atoms with Crippen LogP contribution >= 0.6 is 0 Å². The fourth-order valence-corrected chi connectivity index (χ4v) is 3.23. The van der Waals surface area contributed by atoms with Gasteiger partial charge in [-0.1, -0.05) is 35.5 Å². The highest BCUT2D eigenvalue weighted by atomic mass is 16.2. The van der Waals surface area contributed by atoms with Crippen molar-refractivity contribution >= 4 is 5.91 Å². The van der Waals surface area contributed by atoms with Crippen LogP contribution in [-0.2, 0) is 0 Å². The van der Waals surface area contributed by atoms with Crippen molar-refractivity contribution in [2.24, 2.45) is 0 Å². The molecule has 2 aromatic rings. The van der Waals surface area contributed by atoms with Gasteiger partial charge in [0.25, 0.3) is 5.91 Å². The van der Waals surface area contributed by atoms with E-state index in [9.17, 15) is 4.79 Å². The third-order valence-electron chi connectivity index (χ3n) is 4.97. The van der Waals surface area contributed by atoms with Crippen LogP contribution in [0.25, 0.3) is 0 Å². The monoisotopic (exact) mass is 327 g/mol. The summed E-state index contributed by atoms with van der Waals surface area (Å²) in [6, 6.07) is 10.3. The predicted octanol–water partition coefficient (Wildman–Crippen LogP) is 2.34. The minimum atomic E-state index is -0.0796. The smallest absolute Gasteiger partial charge is 0.276 e. The SMILES string of the molecule is Cc1c(C(=O)N(C)C(C)c2ccccc2)nnn1C1CCNCC1. The Labute approximate surface area is 142 Å². The maximum Gasteiger partial charge on any atom is 0.276 e. The van der Waals surface area contributed by atoms with Crippen LogP contribution in [0, 0.1) is 6.92 Å². The molecule has 1 amide bonds. The molecule has 0 saturated carbocycles. The van der Waals surface area contributed by atoms with Crippen molar-refractivity contribution in [3.05, 3.63) is 47.3 Å². The summed E-state index contributed by atoms with van der Waals surface area (Å²) in [5.74, 6) is -0.0796. The Morgan fingerprint density at radius 2 is 1.96 bits per heavy atom. The third-order valence-corrected chi connectivity index (χ3v) is 4.97. The number of benzene rings is 1. The third kappa shape index (κ3) is 3.19. The van der Waals surface area contributed by atoms with Crippen LogP contribution in [0.5, 0.6) is 0 Å². The summed E-state index contributed by atoms with van der Waals surface area (Å²) in [7, 11) is 1.82. The van der Waals surface area contributed by atoms with Crippen molar-refractivity contribution in [1.29, 1.82) is 0 Å². The second-order valence-electron chi connectivity index (χ2n) is 6.45. The zero-order valence-corrected chi connectivity index (χ0v) is 14.6. The molecule has 0 aliphatic carbocycles. The zero-order chi connectivity index (χ0) is 17.1. The lowest BCUT2D eigenvalue weighted by Gasteiger charge is -2.25. The van der Waals surface area contributed by atoms with Crippen LogP contribution in [0.2, 0.25) is 0 Å². The molecule has 1 aromatic heterocycles. The highest BCUT2D eigenvalue weighted by Gasteiger charge is 2.26. The van der Waals surface area contributed by atoms with E-state index in [-0.39, 0.29) is 11.9 Å². The topological polar surface area (TPSA) is 63.1 Å². The van der Waals surface area contributed by atoms with Gasteiger partial charge in [-0.3, -0.25) is 4.79 Å². The number of aromatic nitrogens is 3. The van der Waals surface area contributed by atoms with E-state index >= 15 is 0 Å². The molecule has 0 radical (unpaired) electrons. The van der Waals surface area contributed by atoms with Crippen LogP contribution in [0.1, 0.15) is 53.6 Å². The number of hydrogen-bond donors (Lipinski definition) is 1. The van der Waals surface area contributed by atoms with Gasteiger partial charge in [-0.15, -0.1) is 5.10 Å². The molecule has 1 N–H and O–H groups in total. The van der Waals surface area contributed by atoms with Gasteiger partial charge < -0.3 is 10.2 Å². The molecule has 2 heterocycles. The molecule has 1 fully saturated rings. The van der Waals surface area contributed by atoms with Crippen molar-refractivity contribution < 1.29 is 4.79 Å².